The van der Waals surface area contributed by atoms with Crippen LogP contribution in [-0.2, 0) is 11.3 Å². The molecule has 1 amide bonds. The summed E-state index contributed by atoms with van der Waals surface area (Å²) in [5, 5.41) is 0.402. The molecular weight excluding hydrogens is 379 g/mol. The lowest BCUT2D eigenvalue weighted by atomic mass is 10.2. The van der Waals surface area contributed by atoms with Gasteiger partial charge in [0.15, 0.2) is 4.80 Å². The van der Waals surface area contributed by atoms with Crippen molar-refractivity contribution in [2.24, 2.45) is 4.99 Å². The van der Waals surface area contributed by atoms with Gasteiger partial charge in [-0.15, -0.1) is 0 Å². The Morgan fingerprint density at radius 3 is 2.85 bits per heavy atom. The van der Waals surface area contributed by atoms with Crippen molar-refractivity contribution in [3.63, 3.8) is 0 Å². The van der Waals surface area contributed by atoms with Crippen LogP contribution in [0.1, 0.15) is 10.4 Å². The summed E-state index contributed by atoms with van der Waals surface area (Å²) < 4.78 is 27.0. The fraction of sp³-hybridized carbons (Fsp3) is 0.222. The number of benzene rings is 2. The molecule has 136 valence electrons. The Hall–Kier alpha value is -2.22. The van der Waals surface area contributed by atoms with Gasteiger partial charge in [-0.05, 0) is 30.3 Å². The summed E-state index contributed by atoms with van der Waals surface area (Å²) in [4.78, 5) is 17.3. The summed E-state index contributed by atoms with van der Waals surface area (Å²) in [5.41, 5.74) is 0.648. The predicted octanol–water partition coefficient (Wildman–Crippen LogP) is 3.89. The number of ether oxygens (including phenoxy) is 2. The largest absolute Gasteiger partial charge is 0.496 e. The monoisotopic (exact) mass is 394 g/mol. The Balaban J connectivity index is 2.16. The van der Waals surface area contributed by atoms with Gasteiger partial charge in [0.05, 0.1) is 29.5 Å². The number of aromatic nitrogens is 1. The third-order valence-electron chi connectivity index (χ3n) is 3.76. The third-order valence-corrected chi connectivity index (χ3v) is 5.04. The van der Waals surface area contributed by atoms with E-state index in [1.165, 1.54) is 30.6 Å². The molecule has 0 aliphatic carbocycles. The van der Waals surface area contributed by atoms with Crippen molar-refractivity contribution in [2.45, 2.75) is 6.54 Å². The fourth-order valence-electron chi connectivity index (χ4n) is 2.56. The molecule has 5 nitrogen and oxygen atoms in total. The van der Waals surface area contributed by atoms with E-state index < -0.39 is 5.91 Å². The molecule has 8 heteroatoms. The van der Waals surface area contributed by atoms with Gasteiger partial charge in [-0.2, -0.15) is 4.99 Å². The molecule has 3 rings (SSSR count). The standard InChI is InChI=1S/C18H16ClFN2O3S/c1-24-9-8-22-16-13(20)4-3-5-15(16)26-18(22)21-17(23)12-10-11(19)6-7-14(12)25-2/h3-7,10H,8-9H2,1-2H3. The van der Waals surface area contributed by atoms with Crippen LogP contribution in [0.25, 0.3) is 10.2 Å². The van der Waals surface area contributed by atoms with Crippen molar-refractivity contribution in [1.29, 1.82) is 0 Å². The first-order valence-electron chi connectivity index (χ1n) is 7.74. The molecule has 0 atom stereocenters. The van der Waals surface area contributed by atoms with Gasteiger partial charge in [-0.25, -0.2) is 4.39 Å². The maximum absolute atomic E-state index is 14.3. The van der Waals surface area contributed by atoms with E-state index in [0.29, 0.717) is 38.9 Å². The van der Waals surface area contributed by atoms with Crippen LogP contribution in [0.15, 0.2) is 41.4 Å². The van der Waals surface area contributed by atoms with Crippen molar-refractivity contribution in [1.82, 2.24) is 4.57 Å². The Bertz CT molecular complexity index is 1030. The topological polar surface area (TPSA) is 52.8 Å². The molecule has 1 aromatic heterocycles. The normalized spacial score (nSPS) is 11.9. The maximum Gasteiger partial charge on any atom is 0.283 e. The van der Waals surface area contributed by atoms with E-state index in [-0.39, 0.29) is 11.4 Å². The lowest BCUT2D eigenvalue weighted by Crippen LogP contribution is -2.20. The smallest absolute Gasteiger partial charge is 0.283 e. The molecule has 0 aliphatic heterocycles. The summed E-state index contributed by atoms with van der Waals surface area (Å²) in [5.74, 6) is -0.509. The summed E-state index contributed by atoms with van der Waals surface area (Å²) >= 11 is 7.22. The first-order chi connectivity index (χ1) is 12.5. The van der Waals surface area contributed by atoms with E-state index in [1.54, 1.807) is 35.9 Å². The number of hydrogen-bond donors (Lipinski definition) is 0. The third kappa shape index (κ3) is 3.65. The molecule has 1 heterocycles. The number of amides is 1. The molecule has 2 aromatic carbocycles. The first kappa shape index (κ1) is 18.6. The number of nitrogens with zero attached hydrogens (tertiary/aromatic N) is 2. The van der Waals surface area contributed by atoms with Gasteiger partial charge in [0.1, 0.15) is 11.6 Å². The van der Waals surface area contributed by atoms with Gasteiger partial charge in [-0.1, -0.05) is 29.0 Å². The van der Waals surface area contributed by atoms with Crippen LogP contribution in [-0.4, -0.2) is 31.3 Å². The molecule has 0 spiro atoms. The van der Waals surface area contributed by atoms with Crippen molar-refractivity contribution in [3.8, 4) is 5.75 Å². The van der Waals surface area contributed by atoms with Crippen LogP contribution >= 0.6 is 22.9 Å². The lowest BCUT2D eigenvalue weighted by Gasteiger charge is -2.06. The zero-order chi connectivity index (χ0) is 18.7. The van der Waals surface area contributed by atoms with Crippen LogP contribution in [0.2, 0.25) is 5.02 Å². The molecular formula is C18H16ClFN2O3S. The van der Waals surface area contributed by atoms with Crippen molar-refractivity contribution in [3.05, 3.63) is 57.6 Å². The number of para-hydroxylation sites is 1. The van der Waals surface area contributed by atoms with E-state index in [0.717, 1.165) is 0 Å². The van der Waals surface area contributed by atoms with E-state index in [2.05, 4.69) is 4.99 Å². The van der Waals surface area contributed by atoms with Gasteiger partial charge in [-0.3, -0.25) is 4.79 Å². The second-order valence-electron chi connectivity index (χ2n) is 5.38. The van der Waals surface area contributed by atoms with Crippen molar-refractivity contribution in [2.75, 3.05) is 20.8 Å². The van der Waals surface area contributed by atoms with E-state index in [9.17, 15) is 9.18 Å². The van der Waals surface area contributed by atoms with Gasteiger partial charge >= 0.3 is 0 Å². The van der Waals surface area contributed by atoms with E-state index in [1.807, 2.05) is 0 Å². The molecule has 0 bridgehead atoms. The van der Waals surface area contributed by atoms with Gasteiger partial charge in [0, 0.05) is 18.7 Å². The number of carbonyl (C=O) groups excluding carboxylic acids is 1. The van der Waals surface area contributed by atoms with Crippen LogP contribution < -0.4 is 9.54 Å². The van der Waals surface area contributed by atoms with Crippen LogP contribution in [0, 0.1) is 5.82 Å². The van der Waals surface area contributed by atoms with Gasteiger partial charge < -0.3 is 14.0 Å². The van der Waals surface area contributed by atoms with Crippen LogP contribution in [0.4, 0.5) is 4.39 Å². The highest BCUT2D eigenvalue weighted by molar-refractivity contribution is 7.16. The summed E-state index contributed by atoms with van der Waals surface area (Å²) in [7, 11) is 3.03. The number of carbonyl (C=O) groups is 1. The van der Waals surface area contributed by atoms with Crippen molar-refractivity contribution < 1.29 is 18.7 Å². The minimum absolute atomic E-state index is 0.246. The second-order valence-corrected chi connectivity index (χ2v) is 6.82. The Morgan fingerprint density at radius 2 is 2.12 bits per heavy atom. The Morgan fingerprint density at radius 1 is 1.31 bits per heavy atom. The molecule has 0 N–H and O–H groups in total. The van der Waals surface area contributed by atoms with E-state index >= 15 is 0 Å². The quantitative estimate of drug-likeness (QED) is 0.659. The molecule has 0 saturated heterocycles. The average molecular weight is 395 g/mol. The number of rotatable bonds is 5. The Labute approximate surface area is 158 Å². The van der Waals surface area contributed by atoms with Crippen molar-refractivity contribution >= 4 is 39.1 Å². The number of methoxy groups -OCH3 is 2. The summed E-state index contributed by atoms with van der Waals surface area (Å²) in [6, 6.07) is 9.53. The molecule has 0 aliphatic rings. The predicted molar refractivity (Wildman–Crippen MR) is 99.5 cm³/mol. The highest BCUT2D eigenvalue weighted by atomic mass is 35.5. The number of fused-ring (bicyclic) bond motifs is 1. The molecule has 0 fully saturated rings. The maximum atomic E-state index is 14.3. The first-order valence-corrected chi connectivity index (χ1v) is 8.94. The van der Waals surface area contributed by atoms with Gasteiger partial charge in [0.2, 0.25) is 0 Å². The van der Waals surface area contributed by atoms with E-state index in [4.69, 9.17) is 21.1 Å². The van der Waals surface area contributed by atoms with Crippen LogP contribution in [0.5, 0.6) is 5.75 Å². The zero-order valence-corrected chi connectivity index (χ0v) is 15.7. The summed E-state index contributed by atoms with van der Waals surface area (Å²) in [6.45, 7) is 0.734. The highest BCUT2D eigenvalue weighted by Crippen LogP contribution is 2.24. The SMILES string of the molecule is COCCn1c(=NC(=O)c2cc(Cl)ccc2OC)sc2cccc(F)c21. The molecule has 0 unspecified atom stereocenters. The number of halogens is 2. The van der Waals surface area contributed by atoms with Crippen LogP contribution in [0.3, 0.4) is 0 Å². The second kappa shape index (κ2) is 7.99. The lowest BCUT2D eigenvalue weighted by molar-refractivity contribution is 0.0994. The zero-order valence-electron chi connectivity index (χ0n) is 14.2. The highest BCUT2D eigenvalue weighted by Gasteiger charge is 2.15. The minimum Gasteiger partial charge on any atom is -0.496 e. The summed E-state index contributed by atoms with van der Waals surface area (Å²) in [6.07, 6.45) is 0. The molecule has 0 radical (unpaired) electrons. The number of thiazole rings is 1. The fourth-order valence-corrected chi connectivity index (χ4v) is 3.80. The molecule has 3 aromatic rings. The number of hydrogen-bond acceptors (Lipinski definition) is 4. The Kier molecular flexibility index (Phi) is 5.70. The minimum atomic E-state index is -0.512. The van der Waals surface area contributed by atoms with Gasteiger partial charge in [0.25, 0.3) is 5.91 Å². The molecule has 26 heavy (non-hydrogen) atoms. The average Bonchev–Trinajstić information content (AvgIpc) is 2.98. The molecule has 0 saturated carbocycles.